The minimum atomic E-state index is 0.292. The molecule has 0 aromatic carbocycles. The fraction of sp³-hybridized carbons (Fsp3) is 0.929. The molecule has 0 aliphatic carbocycles. The van der Waals surface area contributed by atoms with Crippen LogP contribution in [-0.4, -0.2) is 60.5 Å². The molecule has 106 valence electrons. The molecule has 2 unspecified atom stereocenters. The quantitative estimate of drug-likeness (QED) is 0.777. The maximum Gasteiger partial charge on any atom is 0.236 e. The van der Waals surface area contributed by atoms with Crippen molar-refractivity contribution in [2.75, 3.05) is 32.7 Å². The van der Waals surface area contributed by atoms with Crippen LogP contribution >= 0.6 is 0 Å². The highest BCUT2D eigenvalue weighted by atomic mass is 16.2. The number of carbonyl (C=O) groups is 1. The third kappa shape index (κ3) is 4.94. The summed E-state index contributed by atoms with van der Waals surface area (Å²) in [5, 5.41) is 3.50. The molecule has 1 fully saturated rings. The van der Waals surface area contributed by atoms with Gasteiger partial charge in [-0.1, -0.05) is 13.8 Å². The van der Waals surface area contributed by atoms with Crippen LogP contribution in [0.5, 0.6) is 0 Å². The monoisotopic (exact) mass is 255 g/mol. The van der Waals surface area contributed by atoms with Gasteiger partial charge in [0.1, 0.15) is 0 Å². The largest absolute Gasteiger partial charge is 0.342 e. The van der Waals surface area contributed by atoms with E-state index in [4.69, 9.17) is 0 Å². The normalized spacial score (nSPS) is 25.1. The fourth-order valence-electron chi connectivity index (χ4n) is 2.76. The molecule has 2 atom stereocenters. The van der Waals surface area contributed by atoms with E-state index < -0.39 is 0 Å². The lowest BCUT2D eigenvalue weighted by Gasteiger charge is -2.36. The Bertz CT molecular complexity index is 241. The summed E-state index contributed by atoms with van der Waals surface area (Å²) < 4.78 is 0. The molecule has 1 saturated heterocycles. The number of nitrogens with one attached hydrogen (secondary N) is 1. The van der Waals surface area contributed by atoms with Gasteiger partial charge in [-0.3, -0.25) is 9.69 Å². The van der Waals surface area contributed by atoms with E-state index >= 15 is 0 Å². The van der Waals surface area contributed by atoms with Crippen molar-refractivity contribution in [2.45, 2.75) is 52.6 Å². The Labute approximate surface area is 112 Å². The Hall–Kier alpha value is -0.610. The summed E-state index contributed by atoms with van der Waals surface area (Å²) in [6.45, 7) is 12.9. The highest BCUT2D eigenvalue weighted by Gasteiger charge is 2.24. The molecule has 1 aliphatic heterocycles. The van der Waals surface area contributed by atoms with E-state index in [2.05, 4.69) is 37.9 Å². The van der Waals surface area contributed by atoms with E-state index in [1.165, 1.54) is 0 Å². The van der Waals surface area contributed by atoms with Gasteiger partial charge in [0, 0.05) is 38.3 Å². The second-order valence-electron chi connectivity index (χ2n) is 5.54. The molecule has 0 aromatic rings. The molecular weight excluding hydrogens is 226 g/mol. The van der Waals surface area contributed by atoms with Crippen LogP contribution in [0.2, 0.25) is 0 Å². The molecule has 1 aliphatic rings. The zero-order valence-corrected chi connectivity index (χ0v) is 12.4. The van der Waals surface area contributed by atoms with Crippen LogP contribution in [0.25, 0.3) is 0 Å². The number of nitrogens with zero attached hydrogens (tertiary/aromatic N) is 2. The lowest BCUT2D eigenvalue weighted by Crippen LogP contribution is -2.56. The summed E-state index contributed by atoms with van der Waals surface area (Å²) in [6.07, 6.45) is 2.08. The van der Waals surface area contributed by atoms with Crippen molar-refractivity contribution in [3.63, 3.8) is 0 Å². The first kappa shape index (κ1) is 15.4. The van der Waals surface area contributed by atoms with Gasteiger partial charge in [0.25, 0.3) is 0 Å². The van der Waals surface area contributed by atoms with Gasteiger partial charge in [0.2, 0.25) is 5.91 Å². The summed E-state index contributed by atoms with van der Waals surface area (Å²) in [5.41, 5.74) is 0. The summed E-state index contributed by atoms with van der Waals surface area (Å²) in [6, 6.07) is 0.958. The molecule has 0 aromatic heterocycles. The predicted octanol–water partition coefficient (Wildman–Crippen LogP) is 1.32. The summed E-state index contributed by atoms with van der Waals surface area (Å²) in [4.78, 5) is 16.6. The maximum absolute atomic E-state index is 12.3. The molecule has 4 nitrogen and oxygen atoms in total. The van der Waals surface area contributed by atoms with E-state index in [9.17, 15) is 4.79 Å². The Kier molecular flexibility index (Phi) is 6.65. The van der Waals surface area contributed by atoms with Crippen LogP contribution in [0.4, 0.5) is 0 Å². The van der Waals surface area contributed by atoms with E-state index in [0.29, 0.717) is 24.5 Å². The highest BCUT2D eigenvalue weighted by molar-refractivity contribution is 5.78. The van der Waals surface area contributed by atoms with E-state index in [0.717, 1.165) is 39.0 Å². The van der Waals surface area contributed by atoms with Gasteiger partial charge in [-0.2, -0.15) is 0 Å². The van der Waals surface area contributed by atoms with Crippen molar-refractivity contribution in [3.05, 3.63) is 0 Å². The average molecular weight is 255 g/mol. The molecular formula is C14H29N3O. The molecule has 1 rings (SSSR count). The molecule has 1 heterocycles. The number of rotatable bonds is 6. The van der Waals surface area contributed by atoms with Gasteiger partial charge in [0.05, 0.1) is 6.54 Å². The lowest BCUT2D eigenvalue weighted by atomic mass is 10.1. The Morgan fingerprint density at radius 3 is 2.11 bits per heavy atom. The summed E-state index contributed by atoms with van der Waals surface area (Å²) >= 11 is 0. The predicted molar refractivity (Wildman–Crippen MR) is 75.7 cm³/mol. The van der Waals surface area contributed by atoms with Crippen molar-refractivity contribution in [2.24, 2.45) is 0 Å². The van der Waals surface area contributed by atoms with Gasteiger partial charge in [-0.05, 0) is 26.7 Å². The second kappa shape index (κ2) is 7.74. The Balaban J connectivity index is 2.46. The van der Waals surface area contributed by atoms with Crippen molar-refractivity contribution >= 4 is 5.91 Å². The zero-order valence-electron chi connectivity index (χ0n) is 12.4. The molecule has 1 N–H and O–H groups in total. The number of amides is 1. The molecule has 0 bridgehead atoms. The van der Waals surface area contributed by atoms with Gasteiger partial charge in [-0.15, -0.1) is 0 Å². The van der Waals surface area contributed by atoms with Crippen LogP contribution in [0, 0.1) is 0 Å². The number of piperazine rings is 1. The SMILES string of the molecule is CCCN(CCC)C(=O)CN1CC(C)NC(C)C1. The first-order valence-corrected chi connectivity index (χ1v) is 7.33. The number of hydrogen-bond acceptors (Lipinski definition) is 3. The molecule has 0 spiro atoms. The highest BCUT2D eigenvalue weighted by Crippen LogP contribution is 2.05. The second-order valence-corrected chi connectivity index (χ2v) is 5.54. The minimum absolute atomic E-state index is 0.292. The summed E-state index contributed by atoms with van der Waals surface area (Å²) in [7, 11) is 0. The van der Waals surface area contributed by atoms with E-state index in [-0.39, 0.29) is 0 Å². The van der Waals surface area contributed by atoms with Crippen molar-refractivity contribution in [3.8, 4) is 0 Å². The van der Waals surface area contributed by atoms with Gasteiger partial charge in [-0.25, -0.2) is 0 Å². The van der Waals surface area contributed by atoms with Crippen molar-refractivity contribution in [1.82, 2.24) is 15.1 Å². The van der Waals surface area contributed by atoms with Gasteiger partial charge in [0.15, 0.2) is 0 Å². The Morgan fingerprint density at radius 1 is 1.17 bits per heavy atom. The third-order valence-electron chi connectivity index (χ3n) is 3.33. The van der Waals surface area contributed by atoms with Crippen LogP contribution in [0.15, 0.2) is 0 Å². The maximum atomic E-state index is 12.3. The van der Waals surface area contributed by atoms with Gasteiger partial charge >= 0.3 is 0 Å². The van der Waals surface area contributed by atoms with Crippen LogP contribution < -0.4 is 5.32 Å². The smallest absolute Gasteiger partial charge is 0.236 e. The molecule has 0 radical (unpaired) electrons. The van der Waals surface area contributed by atoms with Crippen LogP contribution in [0.3, 0.4) is 0 Å². The zero-order chi connectivity index (χ0) is 13.5. The van der Waals surface area contributed by atoms with Crippen molar-refractivity contribution < 1.29 is 4.79 Å². The topological polar surface area (TPSA) is 35.6 Å². The standard InChI is InChI=1S/C14H29N3O/c1-5-7-17(8-6-2)14(18)11-16-9-12(3)15-13(4)10-16/h12-13,15H,5-11H2,1-4H3. The first-order chi connectivity index (χ1) is 8.56. The van der Waals surface area contributed by atoms with Crippen LogP contribution in [0.1, 0.15) is 40.5 Å². The average Bonchev–Trinajstić information content (AvgIpc) is 2.27. The molecule has 18 heavy (non-hydrogen) atoms. The van der Waals surface area contributed by atoms with E-state index in [1.54, 1.807) is 0 Å². The number of carbonyl (C=O) groups excluding carboxylic acids is 1. The molecule has 4 heteroatoms. The Morgan fingerprint density at radius 2 is 1.67 bits per heavy atom. The van der Waals surface area contributed by atoms with E-state index in [1.807, 2.05) is 4.90 Å². The lowest BCUT2D eigenvalue weighted by molar-refractivity contribution is -0.132. The number of hydrogen-bond donors (Lipinski definition) is 1. The van der Waals surface area contributed by atoms with Crippen LogP contribution in [-0.2, 0) is 4.79 Å². The van der Waals surface area contributed by atoms with Gasteiger partial charge < -0.3 is 10.2 Å². The third-order valence-corrected chi connectivity index (χ3v) is 3.33. The summed E-state index contributed by atoms with van der Waals surface area (Å²) in [5.74, 6) is 0.292. The molecule has 0 saturated carbocycles. The van der Waals surface area contributed by atoms with Crippen molar-refractivity contribution in [1.29, 1.82) is 0 Å². The molecule has 1 amide bonds. The minimum Gasteiger partial charge on any atom is -0.342 e. The fourth-order valence-corrected chi connectivity index (χ4v) is 2.76. The first-order valence-electron chi connectivity index (χ1n) is 7.33.